The molecular weight excluding hydrogens is 228 g/mol. The van der Waals surface area contributed by atoms with Crippen molar-refractivity contribution in [2.45, 2.75) is 12.5 Å². The zero-order chi connectivity index (χ0) is 13.0. The van der Waals surface area contributed by atoms with E-state index in [2.05, 4.69) is 4.98 Å². The summed E-state index contributed by atoms with van der Waals surface area (Å²) < 4.78 is 0. The maximum Gasteiger partial charge on any atom is 0.320 e. The highest BCUT2D eigenvalue weighted by atomic mass is 16.4. The Morgan fingerprint density at radius 1 is 1.28 bits per heavy atom. The quantitative estimate of drug-likeness (QED) is 0.855. The molecule has 1 aromatic carbocycles. The van der Waals surface area contributed by atoms with E-state index in [-0.39, 0.29) is 0 Å². The van der Waals surface area contributed by atoms with Gasteiger partial charge in [0.15, 0.2) is 0 Å². The van der Waals surface area contributed by atoms with Crippen LogP contribution in [0.4, 0.5) is 0 Å². The molecule has 4 heteroatoms. The van der Waals surface area contributed by atoms with E-state index in [1.54, 1.807) is 12.3 Å². The number of benzene rings is 1. The van der Waals surface area contributed by atoms with Gasteiger partial charge in [-0.3, -0.25) is 9.78 Å². The molecule has 0 bridgehead atoms. The Labute approximate surface area is 105 Å². The van der Waals surface area contributed by atoms with Crippen molar-refractivity contribution in [2.24, 2.45) is 5.73 Å². The molecule has 0 amide bonds. The molecule has 2 aromatic rings. The normalized spacial score (nSPS) is 12.1. The monoisotopic (exact) mass is 242 g/mol. The average molecular weight is 242 g/mol. The summed E-state index contributed by atoms with van der Waals surface area (Å²) in [6.45, 7) is 0. The summed E-state index contributed by atoms with van der Waals surface area (Å²) in [7, 11) is 0. The van der Waals surface area contributed by atoms with Gasteiger partial charge in [0, 0.05) is 11.8 Å². The Morgan fingerprint density at radius 3 is 2.67 bits per heavy atom. The smallest absolute Gasteiger partial charge is 0.320 e. The SMILES string of the molecule is N[C@@H](Cc1ccnc(-c2ccccc2)c1)C(=O)O. The van der Waals surface area contributed by atoms with Crippen molar-refractivity contribution in [3.05, 3.63) is 54.2 Å². The molecule has 0 saturated heterocycles. The van der Waals surface area contributed by atoms with Crippen molar-refractivity contribution in [2.75, 3.05) is 0 Å². The second-order valence-electron chi connectivity index (χ2n) is 4.06. The lowest BCUT2D eigenvalue weighted by atomic mass is 10.0. The summed E-state index contributed by atoms with van der Waals surface area (Å²) in [5.74, 6) is -0.993. The van der Waals surface area contributed by atoms with Crippen LogP contribution in [0.5, 0.6) is 0 Å². The third kappa shape index (κ3) is 2.93. The van der Waals surface area contributed by atoms with Crippen LogP contribution >= 0.6 is 0 Å². The summed E-state index contributed by atoms with van der Waals surface area (Å²) in [5.41, 5.74) is 8.22. The Hall–Kier alpha value is -2.20. The van der Waals surface area contributed by atoms with Gasteiger partial charge in [0.1, 0.15) is 6.04 Å². The minimum atomic E-state index is -0.993. The van der Waals surface area contributed by atoms with Crippen molar-refractivity contribution in [3.63, 3.8) is 0 Å². The van der Waals surface area contributed by atoms with Crippen LogP contribution in [0.2, 0.25) is 0 Å². The van der Waals surface area contributed by atoms with Crippen LogP contribution in [0.3, 0.4) is 0 Å². The van der Waals surface area contributed by atoms with Crippen LogP contribution in [-0.4, -0.2) is 22.1 Å². The molecule has 0 unspecified atom stereocenters. The number of pyridine rings is 1. The molecule has 2 rings (SSSR count). The largest absolute Gasteiger partial charge is 0.480 e. The third-order valence-corrected chi connectivity index (χ3v) is 2.67. The summed E-state index contributed by atoms with van der Waals surface area (Å²) in [5, 5.41) is 8.79. The number of carboxylic acids is 1. The molecule has 0 spiro atoms. The van der Waals surface area contributed by atoms with Crippen LogP contribution in [0.25, 0.3) is 11.3 Å². The van der Waals surface area contributed by atoms with Crippen LogP contribution in [-0.2, 0) is 11.2 Å². The molecule has 92 valence electrons. The summed E-state index contributed by atoms with van der Waals surface area (Å²) in [6, 6.07) is 12.5. The maximum absolute atomic E-state index is 10.7. The standard InChI is InChI=1S/C14H14N2O2/c15-12(14(17)18)8-10-6-7-16-13(9-10)11-4-2-1-3-5-11/h1-7,9,12H,8,15H2,(H,17,18)/t12-/m0/s1. The van der Waals surface area contributed by atoms with Gasteiger partial charge in [0.2, 0.25) is 0 Å². The van der Waals surface area contributed by atoms with Gasteiger partial charge in [-0.25, -0.2) is 0 Å². The molecular formula is C14H14N2O2. The fourth-order valence-electron chi connectivity index (χ4n) is 1.71. The molecule has 1 atom stereocenters. The summed E-state index contributed by atoms with van der Waals surface area (Å²) >= 11 is 0. The first kappa shape index (κ1) is 12.3. The van der Waals surface area contributed by atoms with Crippen molar-refractivity contribution in [3.8, 4) is 11.3 Å². The third-order valence-electron chi connectivity index (χ3n) is 2.67. The molecule has 18 heavy (non-hydrogen) atoms. The number of nitrogens with zero attached hydrogens (tertiary/aromatic N) is 1. The molecule has 1 aromatic heterocycles. The second-order valence-corrected chi connectivity index (χ2v) is 4.06. The molecule has 3 N–H and O–H groups in total. The highest BCUT2D eigenvalue weighted by Gasteiger charge is 2.12. The molecule has 0 aliphatic carbocycles. The van der Waals surface area contributed by atoms with Crippen molar-refractivity contribution in [1.82, 2.24) is 4.98 Å². The van der Waals surface area contributed by atoms with E-state index in [1.165, 1.54) is 0 Å². The van der Waals surface area contributed by atoms with Gasteiger partial charge in [0.05, 0.1) is 5.69 Å². The fraction of sp³-hybridized carbons (Fsp3) is 0.143. The number of nitrogens with two attached hydrogens (primary N) is 1. The number of aromatic nitrogens is 1. The Kier molecular flexibility index (Phi) is 3.69. The molecule has 0 saturated carbocycles. The first-order valence-corrected chi connectivity index (χ1v) is 5.65. The van der Waals surface area contributed by atoms with Crippen molar-refractivity contribution < 1.29 is 9.90 Å². The lowest BCUT2D eigenvalue weighted by Crippen LogP contribution is -2.32. The van der Waals surface area contributed by atoms with Gasteiger partial charge >= 0.3 is 5.97 Å². The average Bonchev–Trinajstić information content (AvgIpc) is 2.40. The number of hydrogen-bond donors (Lipinski definition) is 2. The molecule has 0 aliphatic heterocycles. The van der Waals surface area contributed by atoms with Gasteiger partial charge < -0.3 is 10.8 Å². The van der Waals surface area contributed by atoms with Crippen molar-refractivity contribution in [1.29, 1.82) is 0 Å². The van der Waals surface area contributed by atoms with E-state index in [9.17, 15) is 4.79 Å². The predicted molar refractivity (Wildman–Crippen MR) is 69.0 cm³/mol. The lowest BCUT2D eigenvalue weighted by molar-refractivity contribution is -0.138. The number of carbonyl (C=O) groups is 1. The van der Waals surface area contributed by atoms with Crippen LogP contribution in [0, 0.1) is 0 Å². The Bertz CT molecular complexity index is 541. The van der Waals surface area contributed by atoms with E-state index in [1.807, 2.05) is 36.4 Å². The minimum Gasteiger partial charge on any atom is -0.480 e. The van der Waals surface area contributed by atoms with Gasteiger partial charge in [-0.15, -0.1) is 0 Å². The maximum atomic E-state index is 10.7. The second kappa shape index (κ2) is 5.42. The Morgan fingerprint density at radius 2 is 2.00 bits per heavy atom. The number of aliphatic carboxylic acids is 1. The van der Waals surface area contributed by atoms with Crippen LogP contribution in [0.1, 0.15) is 5.56 Å². The van der Waals surface area contributed by atoms with E-state index < -0.39 is 12.0 Å². The zero-order valence-corrected chi connectivity index (χ0v) is 9.78. The summed E-state index contributed by atoms with van der Waals surface area (Å²) in [6.07, 6.45) is 1.98. The van der Waals surface area contributed by atoms with Crippen LogP contribution < -0.4 is 5.73 Å². The molecule has 4 nitrogen and oxygen atoms in total. The molecule has 0 aliphatic rings. The van der Waals surface area contributed by atoms with Gasteiger partial charge in [-0.1, -0.05) is 30.3 Å². The number of carboxylic acid groups (broad SMARTS) is 1. The lowest BCUT2D eigenvalue weighted by Gasteiger charge is -2.07. The molecule has 0 radical (unpaired) electrons. The zero-order valence-electron chi connectivity index (χ0n) is 9.78. The first-order valence-electron chi connectivity index (χ1n) is 5.65. The van der Waals surface area contributed by atoms with E-state index >= 15 is 0 Å². The van der Waals surface area contributed by atoms with Gasteiger partial charge in [-0.05, 0) is 24.1 Å². The highest BCUT2D eigenvalue weighted by molar-refractivity contribution is 5.73. The van der Waals surface area contributed by atoms with E-state index in [0.29, 0.717) is 6.42 Å². The van der Waals surface area contributed by atoms with Crippen molar-refractivity contribution >= 4 is 5.97 Å². The van der Waals surface area contributed by atoms with Gasteiger partial charge in [-0.2, -0.15) is 0 Å². The molecule has 0 fully saturated rings. The summed E-state index contributed by atoms with van der Waals surface area (Å²) in [4.78, 5) is 15.0. The molecule has 1 heterocycles. The van der Waals surface area contributed by atoms with Gasteiger partial charge in [0.25, 0.3) is 0 Å². The van der Waals surface area contributed by atoms with E-state index in [4.69, 9.17) is 10.8 Å². The predicted octanol–water partition coefficient (Wildman–Crippen LogP) is 1.70. The fourth-order valence-corrected chi connectivity index (χ4v) is 1.71. The topological polar surface area (TPSA) is 76.2 Å². The minimum absolute atomic E-state index is 0.303. The highest BCUT2D eigenvalue weighted by Crippen LogP contribution is 2.17. The van der Waals surface area contributed by atoms with Crippen LogP contribution in [0.15, 0.2) is 48.7 Å². The number of rotatable bonds is 4. The van der Waals surface area contributed by atoms with E-state index in [0.717, 1.165) is 16.8 Å². The number of hydrogen-bond acceptors (Lipinski definition) is 3. The first-order chi connectivity index (χ1) is 8.66. The Balaban J connectivity index is 2.23.